The van der Waals surface area contributed by atoms with Crippen molar-refractivity contribution in [2.24, 2.45) is 11.8 Å². The number of amides is 1. The number of carbonyl (C=O) groups is 2. The van der Waals surface area contributed by atoms with Crippen LogP contribution in [-0.2, 0) is 9.59 Å². The molecule has 2 unspecified atom stereocenters. The van der Waals surface area contributed by atoms with Crippen LogP contribution in [0.3, 0.4) is 0 Å². The number of rotatable bonds is 4. The topological polar surface area (TPSA) is 49.4 Å². The molecule has 21 heavy (non-hydrogen) atoms. The number of nitrogens with one attached hydrogen (secondary N) is 1. The van der Waals surface area contributed by atoms with Crippen LogP contribution in [0.2, 0.25) is 0 Å². The van der Waals surface area contributed by atoms with Gasteiger partial charge in [0.15, 0.2) is 5.78 Å². The first-order chi connectivity index (χ1) is 9.45. The van der Waals surface area contributed by atoms with Crippen LogP contribution >= 0.6 is 0 Å². The van der Waals surface area contributed by atoms with Gasteiger partial charge in [-0.15, -0.1) is 0 Å². The van der Waals surface area contributed by atoms with Gasteiger partial charge in [0.1, 0.15) is 0 Å². The summed E-state index contributed by atoms with van der Waals surface area (Å²) in [6.07, 6.45) is 2.13. The molecule has 0 aliphatic carbocycles. The fourth-order valence-corrected chi connectivity index (χ4v) is 4.05. The second-order valence-corrected chi connectivity index (χ2v) is 7.22. The summed E-state index contributed by atoms with van der Waals surface area (Å²) in [5, 5.41) is 1.96. The molecule has 4 nitrogen and oxygen atoms in total. The van der Waals surface area contributed by atoms with Gasteiger partial charge in [-0.05, 0) is 58.6 Å². The van der Waals surface area contributed by atoms with E-state index in [1.54, 1.807) is 6.92 Å². The molecule has 0 aromatic heterocycles. The number of hydrogen-bond acceptors (Lipinski definition) is 3. The predicted molar refractivity (Wildman–Crippen MR) is 85.4 cm³/mol. The molecule has 0 spiro atoms. The standard InChI is InChI=1S/C17H28N2O2/c1-9-14(21)18-19-16(5,6)10-11(2)15(17(19,7)8)12(3)13(4)20/h9,11,15H,1,3,10H2,2,4-8H3,(H,18,21). The minimum atomic E-state index is -0.414. The van der Waals surface area contributed by atoms with E-state index in [1.165, 1.54) is 6.08 Å². The van der Waals surface area contributed by atoms with E-state index in [2.05, 4.69) is 39.4 Å². The summed E-state index contributed by atoms with van der Waals surface area (Å²) in [7, 11) is 0. The number of hydrazine groups is 1. The lowest BCUT2D eigenvalue weighted by Crippen LogP contribution is -2.70. The number of carbonyl (C=O) groups excluding carboxylic acids is 2. The van der Waals surface area contributed by atoms with Crippen molar-refractivity contribution < 1.29 is 9.59 Å². The van der Waals surface area contributed by atoms with E-state index in [-0.39, 0.29) is 23.1 Å². The molecule has 1 saturated heterocycles. The van der Waals surface area contributed by atoms with E-state index in [0.717, 1.165) is 6.42 Å². The molecule has 4 heteroatoms. The smallest absolute Gasteiger partial charge is 0.257 e. The first-order valence-electron chi connectivity index (χ1n) is 7.38. The molecule has 0 aromatic carbocycles. The molecule has 0 saturated carbocycles. The Hall–Kier alpha value is -1.42. The molecule has 1 heterocycles. The Balaban J connectivity index is 3.27. The van der Waals surface area contributed by atoms with Crippen LogP contribution in [0.15, 0.2) is 24.8 Å². The summed E-state index contributed by atoms with van der Waals surface area (Å²) >= 11 is 0. The molecule has 0 aromatic rings. The summed E-state index contributed by atoms with van der Waals surface area (Å²) in [6, 6.07) is 0. The molecule has 0 radical (unpaired) electrons. The van der Waals surface area contributed by atoms with Crippen molar-refractivity contribution in [3.05, 3.63) is 24.8 Å². The summed E-state index contributed by atoms with van der Waals surface area (Å²) in [6.45, 7) is 19.5. The van der Waals surface area contributed by atoms with Gasteiger partial charge in [-0.2, -0.15) is 0 Å². The Kier molecular flexibility index (Phi) is 4.83. The molecule has 1 aliphatic heterocycles. The van der Waals surface area contributed by atoms with Gasteiger partial charge >= 0.3 is 0 Å². The highest BCUT2D eigenvalue weighted by Gasteiger charge is 2.52. The molecule has 1 aliphatic rings. The molecular weight excluding hydrogens is 264 g/mol. The minimum Gasteiger partial charge on any atom is -0.295 e. The average molecular weight is 292 g/mol. The van der Waals surface area contributed by atoms with E-state index in [4.69, 9.17) is 0 Å². The Morgan fingerprint density at radius 1 is 1.29 bits per heavy atom. The number of Topliss-reactive ketones (excluding diaryl/α,β-unsaturated/α-hetero) is 1. The molecule has 1 N–H and O–H groups in total. The number of nitrogens with zero attached hydrogens (tertiary/aromatic N) is 1. The van der Waals surface area contributed by atoms with Crippen LogP contribution in [0, 0.1) is 11.8 Å². The second kappa shape index (κ2) is 5.76. The van der Waals surface area contributed by atoms with E-state index in [0.29, 0.717) is 11.5 Å². The van der Waals surface area contributed by atoms with Gasteiger partial charge in [0.25, 0.3) is 5.91 Å². The second-order valence-electron chi connectivity index (χ2n) is 7.22. The SMILES string of the molecule is C=CC(=O)NN1C(C)(C)CC(C)C(C(=C)C(C)=O)C1(C)C. The first-order valence-corrected chi connectivity index (χ1v) is 7.38. The molecule has 1 rings (SSSR count). The van der Waals surface area contributed by atoms with E-state index < -0.39 is 5.54 Å². The summed E-state index contributed by atoms with van der Waals surface area (Å²) in [4.78, 5) is 23.6. The van der Waals surface area contributed by atoms with E-state index in [1.807, 2.05) is 18.9 Å². The fraction of sp³-hybridized carbons (Fsp3) is 0.647. The number of piperidine rings is 1. The zero-order valence-corrected chi connectivity index (χ0v) is 14.1. The van der Waals surface area contributed by atoms with Crippen LogP contribution in [-0.4, -0.2) is 27.8 Å². The van der Waals surface area contributed by atoms with Gasteiger partial charge in [0, 0.05) is 17.0 Å². The first kappa shape index (κ1) is 17.6. The van der Waals surface area contributed by atoms with Crippen molar-refractivity contribution in [3.63, 3.8) is 0 Å². The van der Waals surface area contributed by atoms with Gasteiger partial charge in [0.05, 0.1) is 0 Å². The highest BCUT2D eigenvalue weighted by molar-refractivity contribution is 5.93. The Labute approximate surface area is 128 Å². The molecule has 0 bridgehead atoms. The Morgan fingerprint density at radius 3 is 2.24 bits per heavy atom. The lowest BCUT2D eigenvalue weighted by molar-refractivity contribution is -0.146. The zero-order chi connectivity index (χ0) is 16.6. The van der Waals surface area contributed by atoms with Crippen LogP contribution in [0.4, 0.5) is 0 Å². The van der Waals surface area contributed by atoms with Crippen molar-refractivity contribution >= 4 is 11.7 Å². The zero-order valence-electron chi connectivity index (χ0n) is 14.1. The monoisotopic (exact) mass is 292 g/mol. The van der Waals surface area contributed by atoms with Crippen molar-refractivity contribution in [2.75, 3.05) is 0 Å². The van der Waals surface area contributed by atoms with Crippen molar-refractivity contribution in [1.29, 1.82) is 0 Å². The third kappa shape index (κ3) is 3.26. The average Bonchev–Trinajstić information content (AvgIpc) is 2.32. The number of ketones is 1. The highest BCUT2D eigenvalue weighted by Crippen LogP contribution is 2.46. The largest absolute Gasteiger partial charge is 0.295 e. The maximum absolute atomic E-state index is 11.8. The van der Waals surface area contributed by atoms with Gasteiger partial charge in [-0.25, -0.2) is 5.01 Å². The quantitative estimate of drug-likeness (QED) is 0.811. The van der Waals surface area contributed by atoms with Gasteiger partial charge in [-0.1, -0.05) is 20.1 Å². The van der Waals surface area contributed by atoms with E-state index in [9.17, 15) is 9.59 Å². The van der Waals surface area contributed by atoms with E-state index >= 15 is 0 Å². The fourth-order valence-electron chi connectivity index (χ4n) is 4.05. The molecule has 1 amide bonds. The van der Waals surface area contributed by atoms with Crippen LogP contribution in [0.25, 0.3) is 0 Å². The normalized spacial score (nSPS) is 27.7. The van der Waals surface area contributed by atoms with Crippen LogP contribution in [0.5, 0.6) is 0 Å². The summed E-state index contributed by atoms with van der Waals surface area (Å²) in [5.41, 5.74) is 2.92. The van der Waals surface area contributed by atoms with Gasteiger partial charge in [0.2, 0.25) is 0 Å². The van der Waals surface area contributed by atoms with Crippen LogP contribution in [0.1, 0.15) is 48.0 Å². The highest BCUT2D eigenvalue weighted by atomic mass is 16.2. The third-order valence-corrected chi connectivity index (χ3v) is 4.57. The molecule has 1 fully saturated rings. The third-order valence-electron chi connectivity index (χ3n) is 4.57. The Morgan fingerprint density at radius 2 is 1.81 bits per heavy atom. The summed E-state index contributed by atoms with van der Waals surface area (Å²) in [5.74, 6) is 0.0731. The van der Waals surface area contributed by atoms with Crippen molar-refractivity contribution in [3.8, 4) is 0 Å². The Bertz CT molecular complexity index is 477. The predicted octanol–water partition coefficient (Wildman–Crippen LogP) is 2.86. The summed E-state index contributed by atoms with van der Waals surface area (Å²) < 4.78 is 0. The lowest BCUT2D eigenvalue weighted by Gasteiger charge is -2.58. The van der Waals surface area contributed by atoms with Crippen molar-refractivity contribution in [2.45, 2.75) is 59.0 Å². The van der Waals surface area contributed by atoms with Gasteiger partial charge < -0.3 is 0 Å². The lowest BCUT2D eigenvalue weighted by atomic mass is 9.64. The van der Waals surface area contributed by atoms with Crippen molar-refractivity contribution in [1.82, 2.24) is 10.4 Å². The number of hydrogen-bond donors (Lipinski definition) is 1. The maximum Gasteiger partial charge on any atom is 0.257 e. The van der Waals surface area contributed by atoms with Gasteiger partial charge in [-0.3, -0.25) is 15.0 Å². The molecule has 2 atom stereocenters. The van der Waals surface area contributed by atoms with Crippen LogP contribution < -0.4 is 5.43 Å². The minimum absolute atomic E-state index is 0.00635. The maximum atomic E-state index is 11.8. The molecular formula is C17H28N2O2. The molecule has 118 valence electrons.